The van der Waals surface area contributed by atoms with Crippen LogP contribution >= 0.6 is 0 Å². The number of aliphatic carboxylic acids is 1. The molecule has 0 spiro atoms. The number of aromatic nitrogens is 3. The highest BCUT2D eigenvalue weighted by Gasteiger charge is 2.40. The van der Waals surface area contributed by atoms with E-state index < -0.39 is 33.5 Å². The van der Waals surface area contributed by atoms with Crippen molar-refractivity contribution < 1.29 is 32.2 Å². The van der Waals surface area contributed by atoms with Gasteiger partial charge in [-0.3, -0.25) is 0 Å². The third kappa shape index (κ3) is 6.60. The maximum atomic E-state index is 15.9. The molecule has 1 atom stereocenters. The molecule has 2 aliphatic heterocycles. The van der Waals surface area contributed by atoms with Crippen LogP contribution in [0.3, 0.4) is 0 Å². The number of carboxylic acid groups (broad SMARTS) is 1. The van der Waals surface area contributed by atoms with Gasteiger partial charge in [0, 0.05) is 72.8 Å². The summed E-state index contributed by atoms with van der Waals surface area (Å²) in [7, 11) is -1.35. The van der Waals surface area contributed by atoms with Gasteiger partial charge in [0.15, 0.2) is 17.7 Å². The molecule has 0 bridgehead atoms. The first-order valence-corrected chi connectivity index (χ1v) is 19.2. The van der Waals surface area contributed by atoms with E-state index in [2.05, 4.69) is 9.88 Å². The van der Waals surface area contributed by atoms with Crippen molar-refractivity contribution in [1.82, 2.24) is 18.8 Å². The summed E-state index contributed by atoms with van der Waals surface area (Å²) in [4.78, 5) is 24.7. The van der Waals surface area contributed by atoms with Gasteiger partial charge >= 0.3 is 5.97 Å². The zero-order valence-corrected chi connectivity index (χ0v) is 30.9. The summed E-state index contributed by atoms with van der Waals surface area (Å²) in [6.45, 7) is 11.7. The van der Waals surface area contributed by atoms with Crippen molar-refractivity contribution in [1.29, 1.82) is 0 Å². The fourth-order valence-electron chi connectivity index (χ4n) is 7.55. The molecule has 3 aliphatic rings. The van der Waals surface area contributed by atoms with Gasteiger partial charge in [0.2, 0.25) is 10.0 Å². The molecule has 272 valence electrons. The van der Waals surface area contributed by atoms with Crippen LogP contribution in [0.1, 0.15) is 74.9 Å². The summed E-state index contributed by atoms with van der Waals surface area (Å²) >= 11 is 0. The van der Waals surface area contributed by atoms with E-state index in [4.69, 9.17) is 14.5 Å². The Labute approximate surface area is 298 Å². The van der Waals surface area contributed by atoms with Crippen LogP contribution in [0.5, 0.6) is 5.75 Å². The molecule has 3 aromatic heterocycles. The lowest BCUT2D eigenvalue weighted by molar-refractivity contribution is -0.160. The summed E-state index contributed by atoms with van der Waals surface area (Å²) in [6, 6.07) is 7.35. The smallest absolute Gasteiger partial charge is 0.337 e. The molecule has 1 aromatic carbocycles. The zero-order chi connectivity index (χ0) is 36.4. The van der Waals surface area contributed by atoms with Crippen molar-refractivity contribution in [2.45, 2.75) is 83.7 Å². The number of anilines is 1. The number of ether oxygens (including phenoxy) is 2. The van der Waals surface area contributed by atoms with Crippen LogP contribution in [-0.2, 0) is 33.0 Å². The standard InChI is InChI=1S/C38H46FN5O6S/c1-22-26-9-7-18-49-34(26)29(39)20-27(22)33-28-21-30(42(6)36(28)41-23(2)32(33)35(37(45)46)50-38(3,4)5)24-12-13-40-31(19-24)43-14-8-15-44(17-16-43)51(47,48)25-10-11-25/h12-13,19-21,25,35H,7-11,14-18H2,1-6H3,(H,45,46). The summed E-state index contributed by atoms with van der Waals surface area (Å²) < 4.78 is 57.3. The maximum Gasteiger partial charge on any atom is 0.337 e. The van der Waals surface area contributed by atoms with E-state index in [1.807, 2.05) is 36.7 Å². The minimum absolute atomic E-state index is 0.236. The molecule has 1 unspecified atom stereocenters. The molecule has 51 heavy (non-hydrogen) atoms. The fourth-order valence-corrected chi connectivity index (χ4v) is 9.43. The van der Waals surface area contributed by atoms with Crippen LogP contribution in [0.25, 0.3) is 33.4 Å². The van der Waals surface area contributed by atoms with E-state index in [0.29, 0.717) is 79.0 Å². The van der Waals surface area contributed by atoms with Crippen molar-refractivity contribution in [3.63, 3.8) is 0 Å². The lowest BCUT2D eigenvalue weighted by atomic mass is 9.86. The predicted molar refractivity (Wildman–Crippen MR) is 194 cm³/mol. The topological polar surface area (TPSA) is 127 Å². The Bertz CT molecular complexity index is 2140. The quantitative estimate of drug-likeness (QED) is 0.222. The van der Waals surface area contributed by atoms with E-state index in [9.17, 15) is 18.3 Å². The molecule has 13 heteroatoms. The van der Waals surface area contributed by atoms with Gasteiger partial charge < -0.3 is 24.0 Å². The van der Waals surface area contributed by atoms with E-state index in [-0.39, 0.29) is 11.0 Å². The summed E-state index contributed by atoms with van der Waals surface area (Å²) in [5.74, 6) is -0.652. The highest BCUT2D eigenvalue weighted by Crippen LogP contribution is 2.45. The number of hydrogen-bond acceptors (Lipinski definition) is 8. The van der Waals surface area contributed by atoms with Gasteiger partial charge in [0.25, 0.3) is 0 Å². The number of benzene rings is 1. The Kier molecular flexibility index (Phi) is 9.12. The normalized spacial score (nSPS) is 18.0. The van der Waals surface area contributed by atoms with E-state index in [1.54, 1.807) is 38.2 Å². The highest BCUT2D eigenvalue weighted by atomic mass is 32.2. The van der Waals surface area contributed by atoms with Crippen LogP contribution in [0.2, 0.25) is 0 Å². The summed E-state index contributed by atoms with van der Waals surface area (Å²) in [5.41, 5.74) is 5.10. The number of nitrogens with zero attached hydrogens (tertiary/aromatic N) is 5. The monoisotopic (exact) mass is 719 g/mol. The Morgan fingerprint density at radius 3 is 2.57 bits per heavy atom. The maximum absolute atomic E-state index is 15.9. The van der Waals surface area contributed by atoms with E-state index >= 15 is 4.39 Å². The average Bonchev–Trinajstić information content (AvgIpc) is 3.92. The van der Waals surface area contributed by atoms with E-state index in [0.717, 1.165) is 47.5 Å². The number of fused-ring (bicyclic) bond motifs is 2. The molecule has 4 aromatic rings. The predicted octanol–water partition coefficient (Wildman–Crippen LogP) is 6.33. The summed E-state index contributed by atoms with van der Waals surface area (Å²) in [5, 5.41) is 11.0. The third-order valence-electron chi connectivity index (χ3n) is 10.2. The minimum atomic E-state index is -3.26. The van der Waals surface area contributed by atoms with Gasteiger partial charge in [-0.15, -0.1) is 0 Å². The van der Waals surface area contributed by atoms with Gasteiger partial charge in [-0.1, -0.05) is 0 Å². The lowest BCUT2D eigenvalue weighted by Gasteiger charge is -2.29. The number of halogens is 1. The Hall–Kier alpha value is -4.07. The number of aryl methyl sites for hydroxylation is 2. The van der Waals surface area contributed by atoms with Gasteiger partial charge in [0.05, 0.1) is 23.2 Å². The second-order valence-corrected chi connectivity index (χ2v) is 17.2. The van der Waals surface area contributed by atoms with Crippen LogP contribution in [0, 0.1) is 19.7 Å². The zero-order valence-electron chi connectivity index (χ0n) is 30.1. The number of carboxylic acids is 1. The fraction of sp³-hybridized carbons (Fsp3) is 0.500. The molecule has 5 heterocycles. The Morgan fingerprint density at radius 2 is 1.86 bits per heavy atom. The number of carbonyl (C=O) groups is 1. The molecule has 1 saturated carbocycles. The van der Waals surface area contributed by atoms with Gasteiger partial charge in [-0.25, -0.2) is 27.6 Å². The number of rotatable bonds is 8. The molecule has 0 radical (unpaired) electrons. The van der Waals surface area contributed by atoms with Crippen molar-refractivity contribution >= 4 is 32.8 Å². The highest BCUT2D eigenvalue weighted by molar-refractivity contribution is 7.90. The van der Waals surface area contributed by atoms with Crippen LogP contribution in [-0.4, -0.2) is 82.0 Å². The molecular formula is C38H46FN5O6S. The van der Waals surface area contributed by atoms with Crippen molar-refractivity contribution in [2.24, 2.45) is 7.05 Å². The molecule has 0 amide bonds. The summed E-state index contributed by atoms with van der Waals surface area (Å²) in [6.07, 6.45) is 3.96. The van der Waals surface area contributed by atoms with Crippen LogP contribution in [0.4, 0.5) is 10.2 Å². The number of hydrogen-bond donors (Lipinski definition) is 1. The van der Waals surface area contributed by atoms with Crippen molar-refractivity contribution in [2.75, 3.05) is 37.7 Å². The largest absolute Gasteiger partial charge is 0.490 e. The molecule has 1 N–H and O–H groups in total. The first-order chi connectivity index (χ1) is 24.2. The molecule has 7 rings (SSSR count). The molecular weight excluding hydrogens is 674 g/mol. The van der Waals surface area contributed by atoms with Crippen molar-refractivity contribution in [3.8, 4) is 28.1 Å². The second-order valence-electron chi connectivity index (χ2n) is 14.9. The minimum Gasteiger partial charge on any atom is -0.490 e. The van der Waals surface area contributed by atoms with Crippen LogP contribution < -0.4 is 9.64 Å². The first-order valence-electron chi connectivity index (χ1n) is 17.7. The van der Waals surface area contributed by atoms with Gasteiger partial charge in [0.1, 0.15) is 11.5 Å². The van der Waals surface area contributed by atoms with Gasteiger partial charge in [-0.05, 0) is 102 Å². The number of sulfonamides is 1. The Balaban J connectivity index is 1.37. The van der Waals surface area contributed by atoms with Gasteiger partial charge in [-0.2, -0.15) is 4.31 Å². The molecule has 11 nitrogen and oxygen atoms in total. The Morgan fingerprint density at radius 1 is 1.10 bits per heavy atom. The third-order valence-corrected chi connectivity index (χ3v) is 12.6. The first kappa shape index (κ1) is 35.3. The molecule has 1 saturated heterocycles. The average molecular weight is 720 g/mol. The van der Waals surface area contributed by atoms with Crippen molar-refractivity contribution in [3.05, 3.63) is 58.7 Å². The van der Waals surface area contributed by atoms with Crippen LogP contribution in [0.15, 0.2) is 30.5 Å². The SMILES string of the molecule is Cc1nc2c(cc(-c3ccnc(N4CCCN(S(=O)(=O)C5CC5)CC4)c3)n2C)c(-c2cc(F)c3c(c2C)CCCO3)c1C(OC(C)(C)C)C(=O)O. The molecule has 2 fully saturated rings. The van der Waals surface area contributed by atoms with E-state index in [1.165, 1.54) is 6.07 Å². The number of pyridine rings is 2. The second kappa shape index (κ2) is 13.2. The molecule has 1 aliphatic carbocycles. The lowest BCUT2D eigenvalue weighted by Crippen LogP contribution is -2.37.